The maximum Gasteiger partial charge on any atom is 0.171 e. The molecule has 2 rings (SSSR count). The molecule has 1 heterocycles. The number of pyridine rings is 1. The molecule has 0 saturated carbocycles. The molecule has 20 heavy (non-hydrogen) atoms. The number of nitrogens with one attached hydrogen (secondary N) is 2. The first-order chi connectivity index (χ1) is 9.66. The minimum atomic E-state index is 0.484. The molecule has 0 radical (unpaired) electrons. The highest BCUT2D eigenvalue weighted by Crippen LogP contribution is 2.17. The zero-order valence-corrected chi connectivity index (χ0v) is 12.9. The van der Waals surface area contributed by atoms with Gasteiger partial charge in [0.2, 0.25) is 0 Å². The maximum absolute atomic E-state index is 6.09. The minimum Gasteiger partial charge on any atom is -0.362 e. The predicted molar refractivity (Wildman–Crippen MR) is 88.6 cm³/mol. The number of benzene rings is 1. The summed E-state index contributed by atoms with van der Waals surface area (Å²) >= 11 is 17.3. The normalized spacial score (nSPS) is 10.1. The number of rotatable bonds is 4. The van der Waals surface area contributed by atoms with E-state index in [9.17, 15) is 0 Å². The standard InChI is InChI=1S/C14H13Cl2N3S/c15-11-5-2-1-4-10(11)7-9-18-14(20)19-13-12(16)6-3-8-17-13/h1-6,8H,7,9H2,(H2,17,18,19,20). The predicted octanol–water partition coefficient (Wildman–Crippen LogP) is 3.92. The molecule has 1 aromatic carbocycles. The van der Waals surface area contributed by atoms with Gasteiger partial charge in [0.15, 0.2) is 10.9 Å². The lowest BCUT2D eigenvalue weighted by atomic mass is 10.1. The van der Waals surface area contributed by atoms with Crippen molar-refractivity contribution in [1.82, 2.24) is 10.3 Å². The molecule has 0 unspecified atom stereocenters. The van der Waals surface area contributed by atoms with Gasteiger partial charge in [-0.25, -0.2) is 4.98 Å². The molecular weight excluding hydrogens is 313 g/mol. The average Bonchev–Trinajstić information content (AvgIpc) is 2.43. The second kappa shape index (κ2) is 7.43. The number of hydrogen-bond acceptors (Lipinski definition) is 2. The van der Waals surface area contributed by atoms with Crippen molar-refractivity contribution in [2.45, 2.75) is 6.42 Å². The summed E-state index contributed by atoms with van der Waals surface area (Å²) in [5, 5.41) is 7.83. The van der Waals surface area contributed by atoms with Gasteiger partial charge in [-0.3, -0.25) is 0 Å². The third kappa shape index (κ3) is 4.34. The van der Waals surface area contributed by atoms with Gasteiger partial charge in [0.1, 0.15) is 0 Å². The zero-order valence-electron chi connectivity index (χ0n) is 10.6. The summed E-state index contributed by atoms with van der Waals surface area (Å²) in [4.78, 5) is 4.11. The molecule has 0 amide bonds. The van der Waals surface area contributed by atoms with E-state index < -0.39 is 0 Å². The van der Waals surface area contributed by atoms with E-state index in [1.54, 1.807) is 18.3 Å². The Morgan fingerprint density at radius 1 is 1.10 bits per heavy atom. The number of anilines is 1. The van der Waals surface area contributed by atoms with Crippen molar-refractivity contribution < 1.29 is 0 Å². The van der Waals surface area contributed by atoms with E-state index in [1.807, 2.05) is 24.3 Å². The van der Waals surface area contributed by atoms with Crippen LogP contribution in [0.3, 0.4) is 0 Å². The molecular formula is C14H13Cl2N3S. The average molecular weight is 326 g/mol. The van der Waals surface area contributed by atoms with E-state index in [0.717, 1.165) is 17.0 Å². The van der Waals surface area contributed by atoms with Crippen LogP contribution < -0.4 is 10.6 Å². The highest BCUT2D eigenvalue weighted by atomic mass is 35.5. The lowest BCUT2D eigenvalue weighted by Gasteiger charge is -2.11. The fraction of sp³-hybridized carbons (Fsp3) is 0.143. The van der Waals surface area contributed by atoms with Crippen molar-refractivity contribution in [3.8, 4) is 0 Å². The second-order valence-corrected chi connectivity index (χ2v) is 5.28. The van der Waals surface area contributed by atoms with Crippen LogP contribution in [0.15, 0.2) is 42.6 Å². The highest BCUT2D eigenvalue weighted by molar-refractivity contribution is 7.80. The van der Waals surface area contributed by atoms with Crippen molar-refractivity contribution in [3.05, 3.63) is 58.2 Å². The summed E-state index contributed by atoms with van der Waals surface area (Å²) in [7, 11) is 0. The Morgan fingerprint density at radius 2 is 1.85 bits per heavy atom. The number of nitrogens with zero attached hydrogens (tertiary/aromatic N) is 1. The van der Waals surface area contributed by atoms with Crippen LogP contribution in [0.4, 0.5) is 5.82 Å². The first-order valence-corrected chi connectivity index (χ1v) is 7.22. The Kier molecular flexibility index (Phi) is 5.59. The summed E-state index contributed by atoms with van der Waals surface area (Å²) in [6.07, 6.45) is 2.44. The van der Waals surface area contributed by atoms with E-state index >= 15 is 0 Å². The summed E-state index contributed by atoms with van der Waals surface area (Å²) in [5.41, 5.74) is 1.08. The van der Waals surface area contributed by atoms with E-state index in [4.69, 9.17) is 35.4 Å². The van der Waals surface area contributed by atoms with Gasteiger partial charge in [0.05, 0.1) is 5.02 Å². The van der Waals surface area contributed by atoms with Crippen molar-refractivity contribution in [3.63, 3.8) is 0 Å². The number of aromatic nitrogens is 1. The molecule has 0 aliphatic rings. The number of hydrogen-bond donors (Lipinski definition) is 2. The molecule has 3 nitrogen and oxygen atoms in total. The van der Waals surface area contributed by atoms with Crippen molar-refractivity contribution >= 4 is 46.4 Å². The first-order valence-electron chi connectivity index (χ1n) is 6.05. The summed E-state index contributed by atoms with van der Waals surface area (Å²) in [6, 6.07) is 11.3. The summed E-state index contributed by atoms with van der Waals surface area (Å²) < 4.78 is 0. The number of thiocarbonyl (C=S) groups is 1. The Balaban J connectivity index is 1.82. The Morgan fingerprint density at radius 3 is 2.60 bits per heavy atom. The lowest BCUT2D eigenvalue weighted by Crippen LogP contribution is -2.30. The quantitative estimate of drug-likeness (QED) is 0.835. The SMILES string of the molecule is S=C(NCCc1ccccc1Cl)Nc1ncccc1Cl. The lowest BCUT2D eigenvalue weighted by molar-refractivity contribution is 0.873. The van der Waals surface area contributed by atoms with Crippen LogP contribution in [0.5, 0.6) is 0 Å². The molecule has 0 fully saturated rings. The van der Waals surface area contributed by atoms with Crippen LogP contribution in [0, 0.1) is 0 Å². The van der Waals surface area contributed by atoms with Crippen LogP contribution >= 0.6 is 35.4 Å². The van der Waals surface area contributed by atoms with Crippen molar-refractivity contribution in [1.29, 1.82) is 0 Å². The first kappa shape index (κ1) is 15.0. The molecule has 1 aromatic heterocycles. The molecule has 0 atom stereocenters. The monoisotopic (exact) mass is 325 g/mol. The zero-order chi connectivity index (χ0) is 14.4. The molecule has 104 valence electrons. The van der Waals surface area contributed by atoms with Crippen molar-refractivity contribution in [2.75, 3.05) is 11.9 Å². The highest BCUT2D eigenvalue weighted by Gasteiger charge is 2.03. The molecule has 0 saturated heterocycles. The van der Waals surface area contributed by atoms with Crippen LogP contribution in [-0.2, 0) is 6.42 Å². The van der Waals surface area contributed by atoms with Crippen LogP contribution in [-0.4, -0.2) is 16.6 Å². The van der Waals surface area contributed by atoms with Gasteiger partial charge in [0.25, 0.3) is 0 Å². The van der Waals surface area contributed by atoms with Crippen LogP contribution in [0.25, 0.3) is 0 Å². The Bertz CT molecular complexity index is 604. The van der Waals surface area contributed by atoms with Crippen LogP contribution in [0.2, 0.25) is 10.0 Å². The Labute approximate surface area is 133 Å². The molecule has 6 heteroatoms. The minimum absolute atomic E-state index is 0.484. The van der Waals surface area contributed by atoms with Gasteiger partial charge in [-0.2, -0.15) is 0 Å². The molecule has 2 N–H and O–H groups in total. The van der Waals surface area contributed by atoms with Gasteiger partial charge >= 0.3 is 0 Å². The smallest absolute Gasteiger partial charge is 0.171 e. The molecule has 0 bridgehead atoms. The molecule has 2 aromatic rings. The molecule has 0 aliphatic carbocycles. The molecule has 0 aliphatic heterocycles. The number of halogens is 2. The maximum atomic E-state index is 6.09. The summed E-state index contributed by atoms with van der Waals surface area (Å²) in [6.45, 7) is 0.681. The van der Waals surface area contributed by atoms with Gasteiger partial charge < -0.3 is 10.6 Å². The van der Waals surface area contributed by atoms with E-state index in [2.05, 4.69) is 15.6 Å². The summed E-state index contributed by atoms with van der Waals surface area (Å²) in [5.74, 6) is 0.546. The largest absolute Gasteiger partial charge is 0.362 e. The third-order valence-electron chi connectivity index (χ3n) is 2.63. The van der Waals surface area contributed by atoms with Gasteiger partial charge in [-0.05, 0) is 42.4 Å². The second-order valence-electron chi connectivity index (χ2n) is 4.06. The van der Waals surface area contributed by atoms with Gasteiger partial charge in [0, 0.05) is 17.8 Å². The topological polar surface area (TPSA) is 37.0 Å². The van der Waals surface area contributed by atoms with E-state index in [0.29, 0.717) is 22.5 Å². The van der Waals surface area contributed by atoms with Crippen molar-refractivity contribution in [2.24, 2.45) is 0 Å². The van der Waals surface area contributed by atoms with Gasteiger partial charge in [-0.1, -0.05) is 41.4 Å². The fourth-order valence-electron chi connectivity index (χ4n) is 1.64. The van der Waals surface area contributed by atoms with Crippen LogP contribution in [0.1, 0.15) is 5.56 Å². The Hall–Kier alpha value is -1.36. The van der Waals surface area contributed by atoms with Gasteiger partial charge in [-0.15, -0.1) is 0 Å². The van der Waals surface area contributed by atoms with E-state index in [1.165, 1.54) is 0 Å². The third-order valence-corrected chi connectivity index (χ3v) is 3.55. The molecule has 0 spiro atoms. The van der Waals surface area contributed by atoms with E-state index in [-0.39, 0.29) is 0 Å². The fourth-order valence-corrected chi connectivity index (χ4v) is 2.24.